The zero-order chi connectivity index (χ0) is 16.8. The van der Waals surface area contributed by atoms with E-state index in [0.717, 1.165) is 29.7 Å². The molecule has 2 aromatic heterocycles. The van der Waals surface area contributed by atoms with Crippen molar-refractivity contribution in [3.8, 4) is 11.3 Å². The number of aromatic nitrogens is 3. The summed E-state index contributed by atoms with van der Waals surface area (Å²) in [6.07, 6.45) is 12.6. The van der Waals surface area contributed by atoms with Crippen LogP contribution >= 0.6 is 0 Å². The van der Waals surface area contributed by atoms with Gasteiger partial charge < -0.3 is 10.6 Å². The average molecular weight is 327 g/mol. The monoisotopic (exact) mass is 327 g/mol. The number of pyridine rings is 1. The van der Waals surface area contributed by atoms with E-state index in [4.69, 9.17) is 0 Å². The highest BCUT2D eigenvalue weighted by Crippen LogP contribution is 2.20. The van der Waals surface area contributed by atoms with Gasteiger partial charge in [-0.15, -0.1) is 0 Å². The molecule has 1 saturated carbocycles. The maximum Gasteiger partial charge on any atom is 0.315 e. The topological polar surface area (TPSA) is 71.8 Å². The minimum absolute atomic E-state index is 0.0945. The third-order valence-electron chi connectivity index (χ3n) is 4.50. The van der Waals surface area contributed by atoms with Crippen LogP contribution < -0.4 is 10.6 Å². The molecule has 6 heteroatoms. The second-order valence-electron chi connectivity index (χ2n) is 6.43. The molecule has 0 spiro atoms. The van der Waals surface area contributed by atoms with Crippen LogP contribution in [0, 0.1) is 0 Å². The molecule has 24 heavy (non-hydrogen) atoms. The van der Waals surface area contributed by atoms with E-state index in [1.807, 2.05) is 25.4 Å². The highest BCUT2D eigenvalue weighted by molar-refractivity contribution is 5.74. The molecule has 128 valence electrons. The lowest BCUT2D eigenvalue weighted by Crippen LogP contribution is -2.41. The normalized spacial score (nSPS) is 15.7. The number of nitrogens with zero attached hydrogens (tertiary/aromatic N) is 3. The summed E-state index contributed by atoms with van der Waals surface area (Å²) in [6.45, 7) is 0.455. The van der Waals surface area contributed by atoms with Crippen LogP contribution in [0.5, 0.6) is 0 Å². The van der Waals surface area contributed by atoms with Gasteiger partial charge in [-0.3, -0.25) is 9.67 Å². The van der Waals surface area contributed by atoms with Gasteiger partial charge in [0.15, 0.2) is 0 Å². The van der Waals surface area contributed by atoms with Gasteiger partial charge in [-0.25, -0.2) is 4.79 Å². The van der Waals surface area contributed by atoms with Crippen LogP contribution in [-0.2, 0) is 13.6 Å². The molecule has 3 rings (SSSR count). The van der Waals surface area contributed by atoms with E-state index >= 15 is 0 Å². The van der Waals surface area contributed by atoms with Gasteiger partial charge in [0.2, 0.25) is 0 Å². The van der Waals surface area contributed by atoms with E-state index in [9.17, 15) is 4.79 Å². The predicted molar refractivity (Wildman–Crippen MR) is 93.3 cm³/mol. The van der Waals surface area contributed by atoms with Crippen molar-refractivity contribution in [2.24, 2.45) is 7.05 Å². The van der Waals surface area contributed by atoms with Gasteiger partial charge in [-0.05, 0) is 24.5 Å². The Hall–Kier alpha value is -2.37. The van der Waals surface area contributed by atoms with Crippen molar-refractivity contribution < 1.29 is 4.79 Å². The molecule has 0 unspecified atom stereocenters. The van der Waals surface area contributed by atoms with Crippen LogP contribution in [0.3, 0.4) is 0 Å². The molecule has 0 bridgehead atoms. The largest absolute Gasteiger partial charge is 0.335 e. The summed E-state index contributed by atoms with van der Waals surface area (Å²) < 4.78 is 1.75. The third kappa shape index (κ3) is 4.34. The van der Waals surface area contributed by atoms with Crippen LogP contribution in [0.25, 0.3) is 11.3 Å². The van der Waals surface area contributed by atoms with Crippen molar-refractivity contribution in [3.63, 3.8) is 0 Å². The molecule has 1 fully saturated rings. The van der Waals surface area contributed by atoms with E-state index in [-0.39, 0.29) is 6.03 Å². The van der Waals surface area contributed by atoms with Crippen molar-refractivity contribution in [1.29, 1.82) is 0 Å². The van der Waals surface area contributed by atoms with Crippen LogP contribution in [0.1, 0.15) is 44.1 Å². The number of rotatable bonds is 4. The Kier molecular flexibility index (Phi) is 5.46. The lowest BCUT2D eigenvalue weighted by molar-refractivity contribution is 0.235. The molecule has 0 aliphatic heterocycles. The SMILES string of the molecule is Cn1cc(-c2ncccc2CNC(=O)NC2CCCCCC2)cn1. The molecule has 6 nitrogen and oxygen atoms in total. The van der Waals surface area contributed by atoms with Gasteiger partial charge in [0.05, 0.1) is 11.9 Å². The van der Waals surface area contributed by atoms with Crippen molar-refractivity contribution in [2.75, 3.05) is 0 Å². The fraction of sp³-hybridized carbons (Fsp3) is 0.500. The third-order valence-corrected chi connectivity index (χ3v) is 4.50. The van der Waals surface area contributed by atoms with Gasteiger partial charge in [-0.1, -0.05) is 31.7 Å². The maximum atomic E-state index is 12.2. The van der Waals surface area contributed by atoms with E-state index < -0.39 is 0 Å². The number of carbonyl (C=O) groups excluding carboxylic acids is 1. The van der Waals surface area contributed by atoms with Crippen LogP contribution in [0.2, 0.25) is 0 Å². The Labute approximate surface area is 142 Å². The fourth-order valence-corrected chi connectivity index (χ4v) is 3.22. The second kappa shape index (κ2) is 7.95. The summed E-state index contributed by atoms with van der Waals surface area (Å²) in [5, 5.41) is 10.3. The molecule has 0 saturated heterocycles. The number of aryl methyl sites for hydroxylation is 1. The summed E-state index contributed by atoms with van der Waals surface area (Å²) in [5.41, 5.74) is 2.81. The molecular weight excluding hydrogens is 302 g/mol. The molecule has 2 heterocycles. The van der Waals surface area contributed by atoms with E-state index in [1.165, 1.54) is 25.7 Å². The summed E-state index contributed by atoms with van der Waals surface area (Å²) in [7, 11) is 1.88. The number of hydrogen-bond donors (Lipinski definition) is 2. The number of carbonyl (C=O) groups is 1. The highest BCUT2D eigenvalue weighted by atomic mass is 16.2. The molecule has 1 aliphatic carbocycles. The first-order chi connectivity index (χ1) is 11.7. The first-order valence-electron chi connectivity index (χ1n) is 8.69. The second-order valence-corrected chi connectivity index (χ2v) is 6.43. The van der Waals surface area contributed by atoms with Gasteiger partial charge in [-0.2, -0.15) is 5.10 Å². The first kappa shape index (κ1) is 16.5. The number of amides is 2. The number of nitrogens with one attached hydrogen (secondary N) is 2. The molecule has 2 aromatic rings. The standard InChI is InChI=1S/C18H25N5O/c1-23-13-15(12-21-23)17-14(7-6-10-19-17)11-20-18(24)22-16-8-4-2-3-5-9-16/h6-7,10,12-13,16H,2-5,8-9,11H2,1H3,(H2,20,22,24). The van der Waals surface area contributed by atoms with Crippen molar-refractivity contribution in [2.45, 2.75) is 51.1 Å². The van der Waals surface area contributed by atoms with Crippen molar-refractivity contribution in [1.82, 2.24) is 25.4 Å². The van der Waals surface area contributed by atoms with Crippen LogP contribution in [0.4, 0.5) is 4.79 Å². The number of urea groups is 1. The summed E-state index contributed by atoms with van der Waals surface area (Å²) in [4.78, 5) is 16.6. The predicted octanol–water partition coefficient (Wildman–Crippen LogP) is 3.00. The summed E-state index contributed by atoms with van der Waals surface area (Å²) in [6, 6.07) is 4.09. The molecule has 0 aromatic carbocycles. The Morgan fingerprint density at radius 1 is 1.29 bits per heavy atom. The van der Waals surface area contributed by atoms with Crippen LogP contribution in [-0.4, -0.2) is 26.8 Å². The maximum absolute atomic E-state index is 12.2. The first-order valence-corrected chi connectivity index (χ1v) is 8.69. The highest BCUT2D eigenvalue weighted by Gasteiger charge is 2.15. The van der Waals surface area contributed by atoms with E-state index in [0.29, 0.717) is 12.6 Å². The van der Waals surface area contributed by atoms with E-state index in [1.54, 1.807) is 17.1 Å². The van der Waals surface area contributed by atoms with Crippen molar-refractivity contribution in [3.05, 3.63) is 36.3 Å². The molecule has 2 amide bonds. The van der Waals surface area contributed by atoms with Crippen LogP contribution in [0.15, 0.2) is 30.7 Å². The number of hydrogen-bond acceptors (Lipinski definition) is 3. The minimum Gasteiger partial charge on any atom is -0.335 e. The molecule has 1 aliphatic rings. The van der Waals surface area contributed by atoms with Gasteiger partial charge in [0.1, 0.15) is 0 Å². The smallest absolute Gasteiger partial charge is 0.315 e. The lowest BCUT2D eigenvalue weighted by atomic mass is 10.1. The van der Waals surface area contributed by atoms with Crippen molar-refractivity contribution >= 4 is 6.03 Å². The molecular formula is C18H25N5O. The fourth-order valence-electron chi connectivity index (χ4n) is 3.22. The molecule has 0 radical (unpaired) electrons. The quantitative estimate of drug-likeness (QED) is 0.848. The van der Waals surface area contributed by atoms with Gasteiger partial charge in [0.25, 0.3) is 0 Å². The van der Waals surface area contributed by atoms with E-state index in [2.05, 4.69) is 20.7 Å². The summed E-state index contributed by atoms with van der Waals surface area (Å²) >= 11 is 0. The Balaban J connectivity index is 1.59. The van der Waals surface area contributed by atoms with Gasteiger partial charge in [0, 0.05) is 37.6 Å². The summed E-state index contributed by atoms with van der Waals surface area (Å²) in [5.74, 6) is 0. The average Bonchev–Trinajstić information content (AvgIpc) is 2.86. The van der Waals surface area contributed by atoms with Gasteiger partial charge >= 0.3 is 6.03 Å². The Bertz CT molecular complexity index is 674. The molecule has 0 atom stereocenters. The molecule has 2 N–H and O–H groups in total. The zero-order valence-electron chi connectivity index (χ0n) is 14.2. The Morgan fingerprint density at radius 3 is 2.79 bits per heavy atom. The Morgan fingerprint density at radius 2 is 2.08 bits per heavy atom. The zero-order valence-corrected chi connectivity index (χ0v) is 14.2. The lowest BCUT2D eigenvalue weighted by Gasteiger charge is -2.17. The minimum atomic E-state index is -0.0945.